The first-order valence-electron chi connectivity index (χ1n) is 8.60. The van der Waals surface area contributed by atoms with E-state index in [9.17, 15) is 26.0 Å². The Hall–Kier alpha value is -2.62. The molecule has 0 atom stereocenters. The molecule has 1 N–H and O–H groups in total. The topological polar surface area (TPSA) is 61.8 Å². The minimum Gasteiger partial charge on any atom is -0.355 e. The molecule has 0 unspecified atom stereocenters. The van der Waals surface area contributed by atoms with Crippen LogP contribution in [0.5, 0.6) is 0 Å². The number of rotatable bonds is 6. The molecule has 0 aliphatic rings. The largest absolute Gasteiger partial charge is 0.416 e. The van der Waals surface area contributed by atoms with Crippen molar-refractivity contribution >= 4 is 15.8 Å². The van der Waals surface area contributed by atoms with E-state index < -0.39 is 27.4 Å². The van der Waals surface area contributed by atoms with Gasteiger partial charge in [0.05, 0.1) is 11.3 Å². The van der Waals surface area contributed by atoms with Crippen LogP contribution in [0, 0.1) is 5.82 Å². The normalized spacial score (nSPS) is 12.7. The van der Waals surface area contributed by atoms with Crippen LogP contribution < -0.4 is 5.32 Å². The van der Waals surface area contributed by atoms with Gasteiger partial charge in [-0.1, -0.05) is 24.3 Å². The van der Waals surface area contributed by atoms with Crippen LogP contribution in [-0.2, 0) is 22.6 Å². The van der Waals surface area contributed by atoms with Crippen LogP contribution in [0.1, 0.15) is 11.1 Å². The first kappa shape index (κ1) is 22.7. The number of sulfone groups is 1. The monoisotopic (exact) mass is 431 g/mol. The molecule has 0 bridgehead atoms. The Balaban J connectivity index is 1.95. The van der Waals surface area contributed by atoms with Crippen LogP contribution >= 0.6 is 0 Å². The summed E-state index contributed by atoms with van der Waals surface area (Å²) < 4.78 is 76.2. The van der Waals surface area contributed by atoms with Gasteiger partial charge in [-0.2, -0.15) is 13.2 Å². The van der Waals surface area contributed by atoms with Crippen molar-refractivity contribution in [2.45, 2.75) is 17.6 Å². The molecule has 2 aromatic rings. The summed E-state index contributed by atoms with van der Waals surface area (Å²) in [4.78, 5) is 5.30. The second kappa shape index (κ2) is 9.25. The van der Waals surface area contributed by atoms with Crippen LogP contribution in [-0.4, -0.2) is 45.7 Å². The molecule has 5 nitrogen and oxygen atoms in total. The number of benzene rings is 2. The minimum atomic E-state index is -4.40. The molecule has 2 aromatic carbocycles. The van der Waals surface area contributed by atoms with Gasteiger partial charge >= 0.3 is 6.18 Å². The number of hydrogen-bond acceptors (Lipinski definition) is 3. The predicted octanol–water partition coefficient (Wildman–Crippen LogP) is 3.33. The van der Waals surface area contributed by atoms with Crippen LogP contribution in [0.2, 0.25) is 0 Å². The van der Waals surface area contributed by atoms with E-state index in [0.29, 0.717) is 11.5 Å². The molecule has 0 aromatic heterocycles. The van der Waals surface area contributed by atoms with Crippen LogP contribution in [0.3, 0.4) is 0 Å². The molecule has 0 radical (unpaired) electrons. The maximum Gasteiger partial charge on any atom is 0.416 e. The first-order chi connectivity index (χ1) is 13.5. The summed E-state index contributed by atoms with van der Waals surface area (Å²) >= 11 is 0. The Morgan fingerprint density at radius 2 is 1.72 bits per heavy atom. The summed E-state index contributed by atoms with van der Waals surface area (Å²) in [6.45, 7) is 0.249. The number of alkyl halides is 3. The maximum absolute atomic E-state index is 13.7. The van der Waals surface area contributed by atoms with Gasteiger partial charge in [-0.25, -0.2) is 12.8 Å². The highest BCUT2D eigenvalue weighted by atomic mass is 32.2. The molecule has 0 heterocycles. The van der Waals surface area contributed by atoms with E-state index in [1.165, 1.54) is 37.4 Å². The van der Waals surface area contributed by atoms with Crippen molar-refractivity contribution in [1.29, 1.82) is 0 Å². The Bertz CT molecular complexity index is 958. The van der Waals surface area contributed by atoms with Gasteiger partial charge < -0.3 is 10.2 Å². The van der Waals surface area contributed by atoms with Crippen molar-refractivity contribution in [2.24, 2.45) is 4.99 Å². The van der Waals surface area contributed by atoms with E-state index in [4.69, 9.17) is 0 Å². The molecule has 158 valence electrons. The van der Waals surface area contributed by atoms with E-state index in [1.807, 2.05) is 0 Å². The van der Waals surface area contributed by atoms with Crippen molar-refractivity contribution in [3.05, 3.63) is 65.5 Å². The lowest BCUT2D eigenvalue weighted by Crippen LogP contribution is -2.40. The quantitative estimate of drug-likeness (QED) is 0.433. The predicted molar refractivity (Wildman–Crippen MR) is 103 cm³/mol. The lowest BCUT2D eigenvalue weighted by molar-refractivity contribution is -0.137. The van der Waals surface area contributed by atoms with Crippen LogP contribution in [0.25, 0.3) is 0 Å². The molecule has 0 fully saturated rings. The van der Waals surface area contributed by atoms with Gasteiger partial charge in [0.2, 0.25) is 0 Å². The smallest absolute Gasteiger partial charge is 0.355 e. The summed E-state index contributed by atoms with van der Waals surface area (Å²) in [5.41, 5.74) is -0.104. The van der Waals surface area contributed by atoms with Gasteiger partial charge in [0.25, 0.3) is 0 Å². The third kappa shape index (κ3) is 6.18. The highest BCUT2D eigenvalue weighted by molar-refractivity contribution is 7.91. The SMILES string of the molecule is CN=C(NCCS(=O)(=O)c1ccccc1F)N(C)Cc1ccc(C(F)(F)F)cc1. The van der Waals surface area contributed by atoms with Crippen molar-refractivity contribution < 1.29 is 26.0 Å². The number of nitrogens with zero attached hydrogens (tertiary/aromatic N) is 2. The lowest BCUT2D eigenvalue weighted by atomic mass is 10.1. The van der Waals surface area contributed by atoms with Crippen molar-refractivity contribution in [3.8, 4) is 0 Å². The number of halogens is 4. The summed E-state index contributed by atoms with van der Waals surface area (Å²) in [7, 11) is -0.654. The van der Waals surface area contributed by atoms with E-state index in [1.54, 1.807) is 11.9 Å². The Morgan fingerprint density at radius 3 is 2.28 bits per heavy atom. The molecule has 0 aliphatic carbocycles. The second-order valence-electron chi connectivity index (χ2n) is 6.27. The summed E-state index contributed by atoms with van der Waals surface area (Å²) in [6, 6.07) is 9.88. The fourth-order valence-corrected chi connectivity index (χ4v) is 3.88. The van der Waals surface area contributed by atoms with Gasteiger partial charge in [-0.3, -0.25) is 4.99 Å². The zero-order valence-electron chi connectivity index (χ0n) is 15.9. The summed E-state index contributed by atoms with van der Waals surface area (Å²) in [5.74, 6) is -0.800. The molecule has 29 heavy (non-hydrogen) atoms. The fraction of sp³-hybridized carbons (Fsp3) is 0.316. The molecule has 0 aliphatic heterocycles. The molecule has 0 amide bonds. The Morgan fingerprint density at radius 1 is 1.10 bits per heavy atom. The van der Waals surface area contributed by atoms with E-state index in [-0.39, 0.29) is 23.7 Å². The number of aliphatic imine (C=N–C) groups is 1. The zero-order chi connectivity index (χ0) is 21.7. The third-order valence-electron chi connectivity index (χ3n) is 4.10. The highest BCUT2D eigenvalue weighted by Gasteiger charge is 2.30. The first-order valence-corrected chi connectivity index (χ1v) is 10.2. The maximum atomic E-state index is 13.7. The summed E-state index contributed by atoms with van der Waals surface area (Å²) in [6.07, 6.45) is -4.40. The van der Waals surface area contributed by atoms with Gasteiger partial charge in [-0.05, 0) is 29.8 Å². The zero-order valence-corrected chi connectivity index (χ0v) is 16.7. The van der Waals surface area contributed by atoms with Gasteiger partial charge in [0, 0.05) is 27.2 Å². The van der Waals surface area contributed by atoms with E-state index >= 15 is 0 Å². The average molecular weight is 431 g/mol. The second-order valence-corrected chi connectivity index (χ2v) is 8.35. The molecule has 0 saturated carbocycles. The molecule has 0 spiro atoms. The highest BCUT2D eigenvalue weighted by Crippen LogP contribution is 2.29. The fourth-order valence-electron chi connectivity index (χ4n) is 2.64. The molecule has 0 saturated heterocycles. The lowest BCUT2D eigenvalue weighted by Gasteiger charge is -2.22. The van der Waals surface area contributed by atoms with Crippen molar-refractivity contribution in [3.63, 3.8) is 0 Å². The third-order valence-corrected chi connectivity index (χ3v) is 5.84. The van der Waals surface area contributed by atoms with E-state index in [0.717, 1.165) is 18.2 Å². The number of guanidine groups is 1. The van der Waals surface area contributed by atoms with Crippen LogP contribution in [0.4, 0.5) is 17.6 Å². The van der Waals surface area contributed by atoms with Crippen molar-refractivity contribution in [1.82, 2.24) is 10.2 Å². The van der Waals surface area contributed by atoms with Crippen LogP contribution in [0.15, 0.2) is 58.4 Å². The average Bonchev–Trinajstić information content (AvgIpc) is 2.65. The Kier molecular flexibility index (Phi) is 7.23. The molecular weight excluding hydrogens is 410 g/mol. The standard InChI is InChI=1S/C19H21F4N3O2S/c1-24-18(25-11-12-29(27,28)17-6-4-3-5-16(17)20)26(2)13-14-7-9-15(10-8-14)19(21,22)23/h3-10H,11-13H2,1-2H3,(H,24,25). The number of nitrogens with one attached hydrogen (secondary N) is 1. The van der Waals surface area contributed by atoms with Gasteiger partial charge in [-0.15, -0.1) is 0 Å². The van der Waals surface area contributed by atoms with E-state index in [2.05, 4.69) is 10.3 Å². The molecule has 2 rings (SSSR count). The minimum absolute atomic E-state index is 0.0132. The van der Waals surface area contributed by atoms with Crippen molar-refractivity contribution in [2.75, 3.05) is 26.4 Å². The molecule has 10 heteroatoms. The summed E-state index contributed by atoms with van der Waals surface area (Å²) in [5, 5.41) is 2.86. The van der Waals surface area contributed by atoms with Gasteiger partial charge in [0.15, 0.2) is 15.8 Å². The van der Waals surface area contributed by atoms with Gasteiger partial charge in [0.1, 0.15) is 10.7 Å². The Labute approximate surface area is 167 Å². The number of hydrogen-bond donors (Lipinski definition) is 1. The molecular formula is C19H21F4N3O2S.